The van der Waals surface area contributed by atoms with Crippen molar-refractivity contribution in [3.05, 3.63) is 0 Å². The second kappa shape index (κ2) is 8.41. The summed E-state index contributed by atoms with van der Waals surface area (Å²) in [5.41, 5.74) is 0. The van der Waals surface area contributed by atoms with Gasteiger partial charge in [0.2, 0.25) is 0 Å². The van der Waals surface area contributed by atoms with Crippen LogP contribution in [0.25, 0.3) is 0 Å². The van der Waals surface area contributed by atoms with E-state index < -0.39 is 10.8 Å². The molecule has 3 heteroatoms. The van der Waals surface area contributed by atoms with Crippen molar-refractivity contribution in [1.82, 2.24) is 5.32 Å². The van der Waals surface area contributed by atoms with Crippen LogP contribution in [0.4, 0.5) is 0 Å². The molecule has 1 heterocycles. The number of fused-ring (bicyclic) bond motifs is 1. The molecule has 1 aliphatic carbocycles. The van der Waals surface area contributed by atoms with Gasteiger partial charge >= 0.3 is 0 Å². The molecule has 0 aromatic carbocycles. The number of nitrogens with one attached hydrogen (secondary N) is 1. The van der Waals surface area contributed by atoms with E-state index in [2.05, 4.69) is 12.2 Å². The van der Waals surface area contributed by atoms with Crippen molar-refractivity contribution in [2.24, 2.45) is 0 Å². The van der Waals surface area contributed by atoms with Crippen LogP contribution >= 0.6 is 0 Å². The Hall–Kier alpha value is 0.110. The lowest BCUT2D eigenvalue weighted by atomic mass is 9.97. The van der Waals surface area contributed by atoms with Gasteiger partial charge in [0, 0.05) is 22.1 Å². The fourth-order valence-electron chi connectivity index (χ4n) is 3.56. The molecule has 1 aliphatic heterocycles. The van der Waals surface area contributed by atoms with Gasteiger partial charge in [-0.1, -0.05) is 58.3 Å². The maximum atomic E-state index is 12.7. The lowest BCUT2D eigenvalue weighted by molar-refractivity contribution is 0.415. The molecule has 0 aromatic heterocycles. The summed E-state index contributed by atoms with van der Waals surface area (Å²) in [6.45, 7) is 3.24. The molecule has 2 fully saturated rings. The van der Waals surface area contributed by atoms with Crippen LogP contribution in [0.15, 0.2) is 0 Å². The fourth-order valence-corrected chi connectivity index (χ4v) is 5.46. The van der Waals surface area contributed by atoms with Crippen molar-refractivity contribution in [3.63, 3.8) is 0 Å². The summed E-state index contributed by atoms with van der Waals surface area (Å²) in [4.78, 5) is 0. The first-order valence-corrected chi connectivity index (χ1v) is 9.69. The smallest absolute Gasteiger partial charge is 0.0503 e. The Bertz CT molecular complexity index is 282. The van der Waals surface area contributed by atoms with Gasteiger partial charge in [0.05, 0.1) is 5.25 Å². The van der Waals surface area contributed by atoms with Gasteiger partial charge in [-0.15, -0.1) is 0 Å². The van der Waals surface area contributed by atoms with E-state index in [0.717, 1.165) is 13.0 Å². The van der Waals surface area contributed by atoms with E-state index in [1.807, 2.05) is 0 Å². The monoisotopic (exact) mass is 285 g/mol. The Labute approximate surface area is 121 Å². The number of hydrogen-bond acceptors (Lipinski definition) is 2. The van der Waals surface area contributed by atoms with Gasteiger partial charge in [-0.25, -0.2) is 0 Å². The molecule has 1 N–H and O–H groups in total. The lowest BCUT2D eigenvalue weighted by Crippen LogP contribution is -2.41. The zero-order chi connectivity index (χ0) is 13.5. The molecule has 0 spiro atoms. The molecule has 112 valence electrons. The first-order chi connectivity index (χ1) is 9.29. The van der Waals surface area contributed by atoms with Crippen molar-refractivity contribution in [1.29, 1.82) is 0 Å². The molecule has 1 saturated carbocycles. The minimum Gasteiger partial charge on any atom is -0.313 e. The molecular weight excluding hydrogens is 254 g/mol. The van der Waals surface area contributed by atoms with Gasteiger partial charge in [0.15, 0.2) is 0 Å². The predicted molar refractivity (Wildman–Crippen MR) is 84.0 cm³/mol. The van der Waals surface area contributed by atoms with Crippen LogP contribution in [0, 0.1) is 0 Å². The van der Waals surface area contributed by atoms with Crippen LogP contribution < -0.4 is 5.32 Å². The van der Waals surface area contributed by atoms with Crippen LogP contribution in [0.5, 0.6) is 0 Å². The molecule has 2 rings (SSSR count). The van der Waals surface area contributed by atoms with Crippen LogP contribution in [0.3, 0.4) is 0 Å². The summed E-state index contributed by atoms with van der Waals surface area (Å²) in [5.74, 6) is 0. The van der Waals surface area contributed by atoms with Gasteiger partial charge in [-0.3, -0.25) is 4.21 Å². The van der Waals surface area contributed by atoms with E-state index in [9.17, 15) is 4.21 Å². The van der Waals surface area contributed by atoms with Crippen molar-refractivity contribution in [3.8, 4) is 0 Å². The minimum atomic E-state index is -0.624. The molecule has 4 atom stereocenters. The highest BCUT2D eigenvalue weighted by atomic mass is 32.2. The predicted octanol–water partition coefficient (Wildman–Crippen LogP) is 3.77. The SMILES string of the molecule is CC1CCNC2CCCCCCCCCCC2S1=O. The molecule has 0 amide bonds. The molecule has 2 nitrogen and oxygen atoms in total. The first kappa shape index (κ1) is 15.5. The van der Waals surface area contributed by atoms with Gasteiger partial charge in [-0.2, -0.15) is 0 Å². The molecule has 19 heavy (non-hydrogen) atoms. The summed E-state index contributed by atoms with van der Waals surface area (Å²) >= 11 is 0. The van der Waals surface area contributed by atoms with Crippen LogP contribution in [-0.2, 0) is 10.8 Å². The molecule has 0 aromatic rings. The van der Waals surface area contributed by atoms with Gasteiger partial charge in [0.1, 0.15) is 0 Å². The van der Waals surface area contributed by atoms with E-state index >= 15 is 0 Å². The van der Waals surface area contributed by atoms with Crippen molar-refractivity contribution in [2.75, 3.05) is 6.54 Å². The zero-order valence-electron chi connectivity index (χ0n) is 12.5. The van der Waals surface area contributed by atoms with Gasteiger partial charge in [-0.05, 0) is 25.8 Å². The van der Waals surface area contributed by atoms with E-state index in [1.165, 1.54) is 64.2 Å². The minimum absolute atomic E-state index is 0.385. The Morgan fingerprint density at radius 1 is 0.842 bits per heavy atom. The highest BCUT2D eigenvalue weighted by molar-refractivity contribution is 7.86. The van der Waals surface area contributed by atoms with Crippen LogP contribution in [0.2, 0.25) is 0 Å². The van der Waals surface area contributed by atoms with E-state index in [4.69, 9.17) is 0 Å². The maximum absolute atomic E-state index is 12.7. The second-order valence-electron chi connectivity index (χ2n) is 6.43. The summed E-state index contributed by atoms with van der Waals surface area (Å²) < 4.78 is 12.7. The Morgan fingerprint density at radius 3 is 2.11 bits per heavy atom. The molecule has 4 unspecified atom stereocenters. The molecular formula is C16H31NOS. The first-order valence-electron chi connectivity index (χ1n) is 8.42. The van der Waals surface area contributed by atoms with Gasteiger partial charge in [0.25, 0.3) is 0 Å². The standard InChI is InChI=1S/C16H31NOS/c1-14-12-13-17-15-10-8-6-4-2-3-5-7-9-11-16(15)19(14)18/h14-17H,2-13H2,1H3. The summed E-state index contributed by atoms with van der Waals surface area (Å²) in [7, 11) is -0.624. The topological polar surface area (TPSA) is 29.1 Å². The number of hydrogen-bond donors (Lipinski definition) is 1. The zero-order valence-corrected chi connectivity index (χ0v) is 13.4. The van der Waals surface area contributed by atoms with Gasteiger partial charge < -0.3 is 5.32 Å². The molecule has 2 aliphatic rings. The quantitative estimate of drug-likeness (QED) is 0.734. The average molecular weight is 285 g/mol. The molecule has 1 saturated heterocycles. The lowest BCUT2D eigenvalue weighted by Gasteiger charge is -2.26. The van der Waals surface area contributed by atoms with E-state index in [1.54, 1.807) is 0 Å². The Morgan fingerprint density at radius 2 is 1.42 bits per heavy atom. The third-order valence-corrected chi connectivity index (χ3v) is 7.04. The Balaban J connectivity index is 1.98. The van der Waals surface area contributed by atoms with Crippen molar-refractivity contribution in [2.45, 2.75) is 94.1 Å². The van der Waals surface area contributed by atoms with Crippen LogP contribution in [-0.4, -0.2) is 27.3 Å². The van der Waals surface area contributed by atoms with Crippen molar-refractivity contribution < 1.29 is 4.21 Å². The Kier molecular flexibility index (Phi) is 6.86. The number of rotatable bonds is 0. The van der Waals surface area contributed by atoms with E-state index in [-0.39, 0.29) is 0 Å². The average Bonchev–Trinajstić information content (AvgIpc) is 2.52. The fraction of sp³-hybridized carbons (Fsp3) is 1.00. The molecule has 0 radical (unpaired) electrons. The second-order valence-corrected chi connectivity index (χ2v) is 8.50. The maximum Gasteiger partial charge on any atom is 0.0503 e. The summed E-state index contributed by atoms with van der Waals surface area (Å²) in [5, 5.41) is 4.50. The third-order valence-electron chi connectivity index (χ3n) is 4.85. The molecule has 0 bridgehead atoms. The third kappa shape index (κ3) is 4.86. The van der Waals surface area contributed by atoms with Crippen molar-refractivity contribution >= 4 is 10.8 Å². The summed E-state index contributed by atoms with van der Waals surface area (Å²) in [6.07, 6.45) is 14.4. The summed E-state index contributed by atoms with van der Waals surface area (Å²) in [6, 6.07) is 0.519. The normalized spacial score (nSPS) is 39.4. The highest BCUT2D eigenvalue weighted by Crippen LogP contribution is 2.25. The van der Waals surface area contributed by atoms with Crippen LogP contribution in [0.1, 0.15) is 77.6 Å². The largest absolute Gasteiger partial charge is 0.313 e. The van der Waals surface area contributed by atoms with E-state index in [0.29, 0.717) is 16.5 Å². The highest BCUT2D eigenvalue weighted by Gasteiger charge is 2.31.